The van der Waals surface area contributed by atoms with Crippen LogP contribution in [0.15, 0.2) is 65.0 Å². The first-order chi connectivity index (χ1) is 16.5. The Labute approximate surface area is 208 Å². The first-order valence-electron chi connectivity index (χ1n) is 11.2. The van der Waals surface area contributed by atoms with Crippen LogP contribution in [0.3, 0.4) is 0 Å². The molecule has 7 nitrogen and oxygen atoms in total. The molecule has 1 unspecified atom stereocenters. The normalized spacial score (nSPS) is 15.0. The molecule has 2 heterocycles. The molecular weight excluding hydrogens is 472 g/mol. The number of rotatable bonds is 9. The third-order valence-electron chi connectivity index (χ3n) is 5.31. The summed E-state index contributed by atoms with van der Waals surface area (Å²) >= 11 is 7.82. The lowest BCUT2D eigenvalue weighted by molar-refractivity contribution is -0.139. The van der Waals surface area contributed by atoms with Crippen molar-refractivity contribution in [1.82, 2.24) is 14.8 Å². The molecule has 0 radical (unpaired) electrons. The molecule has 9 heteroatoms. The fraction of sp³-hybridized carbons (Fsp3) is 0.320. The van der Waals surface area contributed by atoms with Crippen molar-refractivity contribution in [2.24, 2.45) is 0 Å². The number of benzene rings is 2. The highest BCUT2D eigenvalue weighted by molar-refractivity contribution is 7.99. The summed E-state index contributed by atoms with van der Waals surface area (Å²) < 4.78 is 13.1. The minimum atomic E-state index is -0.462. The number of anilines is 1. The number of carbonyl (C=O) groups is 1. The third-order valence-corrected chi connectivity index (χ3v) is 6.72. The fourth-order valence-electron chi connectivity index (χ4n) is 3.69. The van der Waals surface area contributed by atoms with Gasteiger partial charge in [-0.05, 0) is 44.0 Å². The van der Waals surface area contributed by atoms with Gasteiger partial charge in [-0.2, -0.15) is 4.98 Å². The van der Waals surface area contributed by atoms with Gasteiger partial charge in [0.2, 0.25) is 11.1 Å². The minimum Gasteiger partial charge on any atom is -0.489 e. The highest BCUT2D eigenvalue weighted by Gasteiger charge is 2.35. The SMILES string of the molecule is CCCSc1nc2n(n1)C(c1ccc(OCc3ccccc3Cl)cc1)C(C(=O)OCC)=C(C)N2. The lowest BCUT2D eigenvalue weighted by Gasteiger charge is -2.28. The number of thioether (sulfide) groups is 1. The van der Waals surface area contributed by atoms with Crippen molar-refractivity contribution in [2.45, 2.75) is 45.0 Å². The Kier molecular flexibility index (Phi) is 7.80. The molecule has 178 valence electrons. The van der Waals surface area contributed by atoms with E-state index in [-0.39, 0.29) is 5.97 Å². The van der Waals surface area contributed by atoms with Gasteiger partial charge in [-0.1, -0.05) is 60.6 Å². The highest BCUT2D eigenvalue weighted by atomic mass is 35.5. The van der Waals surface area contributed by atoms with Crippen molar-refractivity contribution in [3.63, 3.8) is 0 Å². The Bertz CT molecular complexity index is 1190. The van der Waals surface area contributed by atoms with Crippen LogP contribution in [-0.2, 0) is 16.1 Å². The lowest BCUT2D eigenvalue weighted by atomic mass is 9.96. The number of ether oxygens (including phenoxy) is 2. The topological polar surface area (TPSA) is 78.3 Å². The van der Waals surface area contributed by atoms with Crippen LogP contribution in [0.2, 0.25) is 5.02 Å². The van der Waals surface area contributed by atoms with E-state index in [9.17, 15) is 4.79 Å². The lowest BCUT2D eigenvalue weighted by Crippen LogP contribution is -2.29. The van der Waals surface area contributed by atoms with Crippen molar-refractivity contribution < 1.29 is 14.3 Å². The van der Waals surface area contributed by atoms with Gasteiger partial charge < -0.3 is 14.8 Å². The van der Waals surface area contributed by atoms with E-state index in [0.29, 0.717) is 46.4 Å². The average molecular weight is 499 g/mol. The maximum atomic E-state index is 12.9. The summed E-state index contributed by atoms with van der Waals surface area (Å²) in [4.78, 5) is 17.5. The van der Waals surface area contributed by atoms with Crippen molar-refractivity contribution in [3.8, 4) is 5.75 Å². The van der Waals surface area contributed by atoms with Crippen LogP contribution >= 0.6 is 23.4 Å². The number of esters is 1. The zero-order chi connectivity index (χ0) is 24.1. The van der Waals surface area contributed by atoms with E-state index in [1.165, 1.54) is 0 Å². The van der Waals surface area contributed by atoms with E-state index >= 15 is 0 Å². The molecule has 2 aromatic carbocycles. The highest BCUT2D eigenvalue weighted by Crippen LogP contribution is 2.37. The predicted octanol–water partition coefficient (Wildman–Crippen LogP) is 5.86. The molecule has 0 amide bonds. The Morgan fingerprint density at radius 1 is 1.18 bits per heavy atom. The number of aromatic nitrogens is 3. The zero-order valence-corrected chi connectivity index (χ0v) is 20.9. The molecule has 0 saturated heterocycles. The van der Waals surface area contributed by atoms with Crippen LogP contribution in [0, 0.1) is 0 Å². The second-order valence-electron chi connectivity index (χ2n) is 7.75. The summed E-state index contributed by atoms with van der Waals surface area (Å²) in [6.07, 6.45) is 1.02. The van der Waals surface area contributed by atoms with Crippen molar-refractivity contribution >= 4 is 35.3 Å². The molecule has 0 fully saturated rings. The van der Waals surface area contributed by atoms with Crippen LogP contribution in [0.5, 0.6) is 5.75 Å². The second-order valence-corrected chi connectivity index (χ2v) is 9.22. The summed E-state index contributed by atoms with van der Waals surface area (Å²) in [5.41, 5.74) is 3.01. The molecule has 0 saturated carbocycles. The molecule has 1 aromatic heterocycles. The maximum Gasteiger partial charge on any atom is 0.338 e. The minimum absolute atomic E-state index is 0.291. The number of halogens is 1. The van der Waals surface area contributed by atoms with Gasteiger partial charge in [-0.25, -0.2) is 9.48 Å². The third kappa shape index (κ3) is 5.23. The average Bonchev–Trinajstić information content (AvgIpc) is 3.24. The molecule has 1 aliphatic rings. The van der Waals surface area contributed by atoms with Gasteiger partial charge in [0, 0.05) is 22.0 Å². The van der Waals surface area contributed by atoms with Crippen molar-refractivity contribution in [1.29, 1.82) is 0 Å². The largest absolute Gasteiger partial charge is 0.489 e. The molecule has 4 rings (SSSR count). The summed E-state index contributed by atoms with van der Waals surface area (Å²) in [6, 6.07) is 14.8. The summed E-state index contributed by atoms with van der Waals surface area (Å²) in [6.45, 7) is 6.43. The molecule has 0 spiro atoms. The quantitative estimate of drug-likeness (QED) is 0.292. The zero-order valence-electron chi connectivity index (χ0n) is 19.4. The number of fused-ring (bicyclic) bond motifs is 1. The van der Waals surface area contributed by atoms with Gasteiger partial charge in [0.15, 0.2) is 0 Å². The summed E-state index contributed by atoms with van der Waals surface area (Å²) in [7, 11) is 0. The molecule has 1 atom stereocenters. The molecule has 1 aliphatic heterocycles. The molecule has 3 aromatic rings. The maximum absolute atomic E-state index is 12.9. The molecule has 34 heavy (non-hydrogen) atoms. The monoisotopic (exact) mass is 498 g/mol. The van der Waals surface area contributed by atoms with E-state index in [1.807, 2.05) is 55.5 Å². The number of hydrogen-bond donors (Lipinski definition) is 1. The summed E-state index contributed by atoms with van der Waals surface area (Å²) in [5, 5.41) is 9.26. The first-order valence-corrected chi connectivity index (χ1v) is 12.6. The number of nitrogens with zero attached hydrogens (tertiary/aromatic N) is 3. The van der Waals surface area contributed by atoms with Gasteiger partial charge in [0.25, 0.3) is 0 Å². The van der Waals surface area contributed by atoms with Gasteiger partial charge in [-0.3, -0.25) is 0 Å². The fourth-order valence-corrected chi connectivity index (χ4v) is 4.56. The van der Waals surface area contributed by atoms with Gasteiger partial charge >= 0.3 is 5.97 Å². The molecule has 0 aliphatic carbocycles. The van der Waals surface area contributed by atoms with Crippen LogP contribution in [0.25, 0.3) is 0 Å². The molecule has 1 N–H and O–H groups in total. The Balaban J connectivity index is 1.63. The van der Waals surface area contributed by atoms with Crippen molar-refractivity contribution in [2.75, 3.05) is 17.7 Å². The number of allylic oxidation sites excluding steroid dienone is 1. The number of carbonyl (C=O) groups excluding carboxylic acids is 1. The summed E-state index contributed by atoms with van der Waals surface area (Å²) in [5.74, 6) is 1.85. The standard InChI is InChI=1S/C25H27ClN4O3S/c1-4-14-34-25-28-24-27-16(3)21(23(31)32-5-2)22(30(24)29-25)17-10-12-19(13-11-17)33-15-18-8-6-7-9-20(18)26/h6-13,22H,4-5,14-15H2,1-3H3,(H,27,28,29). The van der Waals surface area contributed by atoms with E-state index < -0.39 is 6.04 Å². The van der Waals surface area contributed by atoms with Crippen LogP contribution < -0.4 is 10.1 Å². The Hall–Kier alpha value is -2.97. The first kappa shape index (κ1) is 24.2. The predicted molar refractivity (Wildman–Crippen MR) is 134 cm³/mol. The van der Waals surface area contributed by atoms with Crippen LogP contribution in [0.1, 0.15) is 44.4 Å². The Morgan fingerprint density at radius 2 is 1.94 bits per heavy atom. The smallest absolute Gasteiger partial charge is 0.338 e. The van der Waals surface area contributed by atoms with E-state index in [1.54, 1.807) is 23.4 Å². The van der Waals surface area contributed by atoms with Crippen molar-refractivity contribution in [3.05, 3.63) is 76.0 Å². The molecule has 0 bridgehead atoms. The van der Waals surface area contributed by atoms with Gasteiger partial charge in [-0.15, -0.1) is 5.10 Å². The van der Waals surface area contributed by atoms with Gasteiger partial charge in [0.1, 0.15) is 18.4 Å². The van der Waals surface area contributed by atoms with Gasteiger partial charge in [0.05, 0.1) is 12.2 Å². The van der Waals surface area contributed by atoms with E-state index in [4.69, 9.17) is 26.2 Å². The number of nitrogens with one attached hydrogen (secondary N) is 1. The van der Waals surface area contributed by atoms with E-state index in [2.05, 4.69) is 17.2 Å². The van der Waals surface area contributed by atoms with E-state index in [0.717, 1.165) is 23.3 Å². The van der Waals surface area contributed by atoms with Crippen LogP contribution in [0.4, 0.5) is 5.95 Å². The molecular formula is C25H27ClN4O3S. The second kappa shape index (κ2) is 11.0. The Morgan fingerprint density at radius 3 is 2.65 bits per heavy atom. The van der Waals surface area contributed by atoms with Crippen LogP contribution in [-0.4, -0.2) is 33.1 Å². The number of hydrogen-bond acceptors (Lipinski definition) is 7.